The Hall–Kier alpha value is -2.81. The molecule has 0 spiro atoms. The van der Waals surface area contributed by atoms with E-state index in [0.29, 0.717) is 17.1 Å². The van der Waals surface area contributed by atoms with E-state index in [1.54, 1.807) is 24.3 Å². The molecular weight excluding hydrogens is 254 g/mol. The Balaban J connectivity index is 1.92. The summed E-state index contributed by atoms with van der Waals surface area (Å²) in [6.45, 7) is 2.07. The number of benzene rings is 1. The molecule has 0 unspecified atom stereocenters. The summed E-state index contributed by atoms with van der Waals surface area (Å²) >= 11 is 0. The van der Waals surface area contributed by atoms with Gasteiger partial charge in [0.1, 0.15) is 0 Å². The number of aromatic amines is 1. The highest BCUT2D eigenvalue weighted by atomic mass is 16.2. The average molecular weight is 269 g/mol. The third kappa shape index (κ3) is 3.59. The summed E-state index contributed by atoms with van der Waals surface area (Å²) in [6, 6.07) is 10.1. The van der Waals surface area contributed by atoms with Crippen molar-refractivity contribution in [3.8, 4) is 6.07 Å². The first-order valence-electron chi connectivity index (χ1n) is 6.33. The Morgan fingerprint density at radius 2 is 2.10 bits per heavy atom. The summed E-state index contributed by atoms with van der Waals surface area (Å²) < 4.78 is 0. The van der Waals surface area contributed by atoms with Crippen LogP contribution in [-0.4, -0.2) is 16.2 Å². The lowest BCUT2D eigenvalue weighted by atomic mass is 10.2. The highest BCUT2D eigenvalue weighted by molar-refractivity contribution is 5.99. The molecule has 102 valence electrons. The average Bonchev–Trinajstić information content (AvgIpc) is 2.87. The number of aromatic nitrogens is 2. The van der Waals surface area contributed by atoms with Crippen LogP contribution in [0.1, 0.15) is 24.6 Å². The zero-order valence-corrected chi connectivity index (χ0v) is 11.1. The molecule has 1 aromatic carbocycles. The maximum absolute atomic E-state index is 11.8. The summed E-state index contributed by atoms with van der Waals surface area (Å²) in [7, 11) is 0. The Morgan fingerprint density at radius 3 is 2.75 bits per heavy atom. The Kier molecular flexibility index (Phi) is 4.35. The van der Waals surface area contributed by atoms with E-state index in [1.807, 2.05) is 12.1 Å². The molecule has 2 amide bonds. The fourth-order valence-electron chi connectivity index (χ4n) is 1.73. The van der Waals surface area contributed by atoms with Crippen LogP contribution in [0.15, 0.2) is 30.3 Å². The summed E-state index contributed by atoms with van der Waals surface area (Å²) in [6.07, 6.45) is 1.91. The minimum Gasteiger partial charge on any atom is -0.308 e. The van der Waals surface area contributed by atoms with Gasteiger partial charge in [-0.2, -0.15) is 10.4 Å². The number of aryl methyl sites for hydroxylation is 1. The standard InChI is InChI=1S/C14H15N5O/c1-2-3-12-8-13(19-18-12)17-14(20)16-11-6-4-10(9-15)5-7-11/h4-8H,2-3H2,1H3,(H3,16,17,18,19,20). The Bertz CT molecular complexity index is 624. The maximum atomic E-state index is 11.8. The first kappa shape index (κ1) is 13.6. The molecule has 0 fully saturated rings. The van der Waals surface area contributed by atoms with Crippen molar-refractivity contribution in [2.24, 2.45) is 0 Å². The smallest absolute Gasteiger partial charge is 0.308 e. The van der Waals surface area contributed by atoms with Gasteiger partial charge in [-0.1, -0.05) is 13.3 Å². The molecule has 6 heteroatoms. The molecule has 0 saturated carbocycles. The van der Waals surface area contributed by atoms with E-state index in [1.165, 1.54) is 0 Å². The lowest BCUT2D eigenvalue weighted by molar-refractivity contribution is 0.262. The van der Waals surface area contributed by atoms with Crippen LogP contribution < -0.4 is 10.6 Å². The molecule has 20 heavy (non-hydrogen) atoms. The van der Waals surface area contributed by atoms with Crippen LogP contribution in [0.4, 0.5) is 16.3 Å². The molecule has 0 saturated heterocycles. The van der Waals surface area contributed by atoms with Gasteiger partial charge < -0.3 is 5.32 Å². The third-order valence-corrected chi connectivity index (χ3v) is 2.66. The number of amides is 2. The number of carbonyl (C=O) groups excluding carboxylic acids is 1. The zero-order chi connectivity index (χ0) is 14.4. The molecule has 3 N–H and O–H groups in total. The second-order valence-corrected chi connectivity index (χ2v) is 4.30. The highest BCUT2D eigenvalue weighted by Gasteiger charge is 2.06. The number of hydrogen-bond acceptors (Lipinski definition) is 3. The predicted octanol–water partition coefficient (Wildman–Crippen LogP) is 2.88. The number of hydrogen-bond donors (Lipinski definition) is 3. The molecule has 0 atom stereocenters. The molecule has 2 aromatic rings. The van der Waals surface area contributed by atoms with E-state index < -0.39 is 0 Å². The van der Waals surface area contributed by atoms with Crippen molar-refractivity contribution in [1.29, 1.82) is 5.26 Å². The van der Waals surface area contributed by atoms with Gasteiger partial charge in [0.25, 0.3) is 0 Å². The fraction of sp³-hybridized carbons (Fsp3) is 0.214. The zero-order valence-electron chi connectivity index (χ0n) is 11.1. The number of H-pyrrole nitrogens is 1. The van der Waals surface area contributed by atoms with E-state index in [-0.39, 0.29) is 6.03 Å². The lowest BCUT2D eigenvalue weighted by Gasteiger charge is -2.05. The summed E-state index contributed by atoms with van der Waals surface area (Å²) in [5.41, 5.74) is 2.15. The van der Waals surface area contributed by atoms with Crippen molar-refractivity contribution in [3.05, 3.63) is 41.6 Å². The van der Waals surface area contributed by atoms with Crippen molar-refractivity contribution in [2.45, 2.75) is 19.8 Å². The number of nitriles is 1. The van der Waals surface area contributed by atoms with Crippen LogP contribution in [0.25, 0.3) is 0 Å². The second-order valence-electron chi connectivity index (χ2n) is 4.30. The minimum atomic E-state index is -0.371. The van der Waals surface area contributed by atoms with Crippen LogP contribution in [0.2, 0.25) is 0 Å². The maximum Gasteiger partial charge on any atom is 0.324 e. The molecule has 0 bridgehead atoms. The molecule has 0 radical (unpaired) electrons. The van der Waals surface area contributed by atoms with Gasteiger partial charge in [0.2, 0.25) is 0 Å². The second kappa shape index (κ2) is 6.38. The highest BCUT2D eigenvalue weighted by Crippen LogP contribution is 2.11. The molecule has 2 rings (SSSR count). The van der Waals surface area contributed by atoms with Gasteiger partial charge in [0.05, 0.1) is 11.6 Å². The van der Waals surface area contributed by atoms with Crippen LogP contribution in [-0.2, 0) is 6.42 Å². The molecule has 1 heterocycles. The van der Waals surface area contributed by atoms with Gasteiger partial charge in [-0.15, -0.1) is 0 Å². The normalized spacial score (nSPS) is 9.80. The van der Waals surface area contributed by atoms with Gasteiger partial charge in [0.15, 0.2) is 5.82 Å². The quantitative estimate of drug-likeness (QED) is 0.796. The summed E-state index contributed by atoms with van der Waals surface area (Å²) in [5, 5.41) is 20.9. The Labute approximate surface area is 116 Å². The van der Waals surface area contributed by atoms with Crippen LogP contribution >= 0.6 is 0 Å². The first-order chi connectivity index (χ1) is 9.71. The van der Waals surface area contributed by atoms with Crippen molar-refractivity contribution in [1.82, 2.24) is 10.2 Å². The molecule has 1 aromatic heterocycles. The molecule has 0 aliphatic carbocycles. The number of urea groups is 1. The van der Waals surface area contributed by atoms with Crippen LogP contribution in [0.5, 0.6) is 0 Å². The predicted molar refractivity (Wildman–Crippen MR) is 76.4 cm³/mol. The molecule has 0 aliphatic rings. The number of carbonyl (C=O) groups is 1. The van der Waals surface area contributed by atoms with Gasteiger partial charge in [-0.25, -0.2) is 4.79 Å². The van der Waals surface area contributed by atoms with E-state index >= 15 is 0 Å². The van der Waals surface area contributed by atoms with Crippen LogP contribution in [0.3, 0.4) is 0 Å². The summed E-state index contributed by atoms with van der Waals surface area (Å²) in [5.74, 6) is 0.486. The van der Waals surface area contributed by atoms with Crippen molar-refractivity contribution < 1.29 is 4.79 Å². The van der Waals surface area contributed by atoms with E-state index in [2.05, 4.69) is 27.8 Å². The SMILES string of the molecule is CCCc1cc(NC(=O)Nc2ccc(C#N)cc2)n[nH]1. The number of nitrogens with zero attached hydrogens (tertiary/aromatic N) is 2. The van der Waals surface area contributed by atoms with Gasteiger partial charge in [-0.3, -0.25) is 10.4 Å². The first-order valence-corrected chi connectivity index (χ1v) is 6.33. The third-order valence-electron chi connectivity index (χ3n) is 2.66. The monoisotopic (exact) mass is 269 g/mol. The van der Waals surface area contributed by atoms with Gasteiger partial charge in [0, 0.05) is 17.4 Å². The van der Waals surface area contributed by atoms with Crippen molar-refractivity contribution >= 4 is 17.5 Å². The Morgan fingerprint density at radius 1 is 1.35 bits per heavy atom. The minimum absolute atomic E-state index is 0.371. The molecule has 6 nitrogen and oxygen atoms in total. The van der Waals surface area contributed by atoms with E-state index in [0.717, 1.165) is 18.5 Å². The summed E-state index contributed by atoms with van der Waals surface area (Å²) in [4.78, 5) is 11.8. The fourth-order valence-corrected chi connectivity index (χ4v) is 1.73. The van der Waals surface area contributed by atoms with Crippen molar-refractivity contribution in [2.75, 3.05) is 10.6 Å². The van der Waals surface area contributed by atoms with Crippen LogP contribution in [0, 0.1) is 11.3 Å². The number of anilines is 2. The lowest BCUT2D eigenvalue weighted by Crippen LogP contribution is -2.19. The molecular formula is C14H15N5O. The van der Waals surface area contributed by atoms with E-state index in [9.17, 15) is 4.79 Å². The van der Waals surface area contributed by atoms with E-state index in [4.69, 9.17) is 5.26 Å². The van der Waals surface area contributed by atoms with Crippen molar-refractivity contribution in [3.63, 3.8) is 0 Å². The molecule has 0 aliphatic heterocycles. The number of nitrogens with one attached hydrogen (secondary N) is 3. The van der Waals surface area contributed by atoms with Gasteiger partial charge in [-0.05, 0) is 30.7 Å². The number of rotatable bonds is 4. The topological polar surface area (TPSA) is 93.6 Å². The van der Waals surface area contributed by atoms with Gasteiger partial charge >= 0.3 is 6.03 Å². The largest absolute Gasteiger partial charge is 0.324 e.